The van der Waals surface area contributed by atoms with Gasteiger partial charge in [0.05, 0.1) is 11.9 Å². The van der Waals surface area contributed by atoms with Crippen molar-refractivity contribution in [1.29, 1.82) is 0 Å². The Balaban J connectivity index is 2.40. The van der Waals surface area contributed by atoms with Crippen LogP contribution in [0, 0.1) is 5.92 Å². The number of anilines is 1. The number of rotatable bonds is 4. The largest absolute Gasteiger partial charge is 0.396 e. The molecule has 0 aromatic carbocycles. The fraction of sp³-hybridized carbons (Fsp3) is 0.556. The molecule has 0 aliphatic carbocycles. The fourth-order valence-electron chi connectivity index (χ4n) is 1.04. The van der Waals surface area contributed by atoms with Gasteiger partial charge < -0.3 is 11.1 Å². The van der Waals surface area contributed by atoms with Crippen molar-refractivity contribution in [3.05, 3.63) is 11.9 Å². The van der Waals surface area contributed by atoms with Gasteiger partial charge in [0.1, 0.15) is 5.69 Å². The lowest BCUT2D eigenvalue weighted by molar-refractivity contribution is 0.0948. The summed E-state index contributed by atoms with van der Waals surface area (Å²) in [4.78, 5) is 11.4. The van der Waals surface area contributed by atoms with Crippen molar-refractivity contribution in [2.45, 2.75) is 20.3 Å². The van der Waals surface area contributed by atoms with Gasteiger partial charge in [-0.15, -0.1) is 0 Å². The van der Waals surface area contributed by atoms with Gasteiger partial charge in [0.25, 0.3) is 5.91 Å². The zero-order chi connectivity index (χ0) is 10.6. The van der Waals surface area contributed by atoms with Crippen LogP contribution < -0.4 is 11.1 Å². The van der Waals surface area contributed by atoms with Crippen molar-refractivity contribution in [1.82, 2.24) is 15.5 Å². The number of aromatic amines is 1. The highest BCUT2D eigenvalue weighted by atomic mass is 16.1. The van der Waals surface area contributed by atoms with Gasteiger partial charge in [-0.2, -0.15) is 5.10 Å². The second-order valence-electron chi connectivity index (χ2n) is 3.64. The Morgan fingerprint density at radius 3 is 2.93 bits per heavy atom. The van der Waals surface area contributed by atoms with Crippen LogP contribution >= 0.6 is 0 Å². The molecule has 0 atom stereocenters. The Hall–Kier alpha value is -1.52. The van der Waals surface area contributed by atoms with E-state index >= 15 is 0 Å². The maximum atomic E-state index is 11.4. The molecule has 0 aliphatic rings. The van der Waals surface area contributed by atoms with Crippen molar-refractivity contribution in [2.24, 2.45) is 5.92 Å². The first kappa shape index (κ1) is 10.6. The molecular weight excluding hydrogens is 180 g/mol. The zero-order valence-electron chi connectivity index (χ0n) is 8.50. The van der Waals surface area contributed by atoms with Crippen LogP contribution in [0.2, 0.25) is 0 Å². The van der Waals surface area contributed by atoms with Crippen molar-refractivity contribution >= 4 is 11.6 Å². The van der Waals surface area contributed by atoms with Gasteiger partial charge in [0.2, 0.25) is 0 Å². The Morgan fingerprint density at radius 1 is 1.71 bits per heavy atom. The first-order valence-corrected chi connectivity index (χ1v) is 4.68. The number of carbonyl (C=O) groups is 1. The Kier molecular flexibility index (Phi) is 3.50. The lowest BCUT2D eigenvalue weighted by atomic mass is 10.1. The quantitative estimate of drug-likeness (QED) is 0.665. The number of aromatic nitrogens is 2. The van der Waals surface area contributed by atoms with E-state index in [4.69, 9.17) is 5.73 Å². The molecule has 4 N–H and O–H groups in total. The van der Waals surface area contributed by atoms with Gasteiger partial charge in [-0.05, 0) is 12.3 Å². The third-order valence-corrected chi connectivity index (χ3v) is 1.90. The van der Waals surface area contributed by atoms with E-state index in [1.54, 1.807) is 0 Å². The van der Waals surface area contributed by atoms with E-state index in [0.717, 1.165) is 6.42 Å². The predicted octanol–water partition coefficient (Wildman–Crippen LogP) is 0.768. The average molecular weight is 196 g/mol. The van der Waals surface area contributed by atoms with Crippen LogP contribution in [0.25, 0.3) is 0 Å². The Labute approximate surface area is 83.1 Å². The summed E-state index contributed by atoms with van der Waals surface area (Å²) < 4.78 is 0. The van der Waals surface area contributed by atoms with E-state index in [1.165, 1.54) is 6.20 Å². The molecule has 0 spiro atoms. The van der Waals surface area contributed by atoms with Gasteiger partial charge in [-0.1, -0.05) is 13.8 Å². The number of amides is 1. The zero-order valence-corrected chi connectivity index (χ0v) is 8.50. The number of nitrogen functional groups attached to an aromatic ring is 1. The van der Waals surface area contributed by atoms with E-state index < -0.39 is 0 Å². The van der Waals surface area contributed by atoms with E-state index in [9.17, 15) is 4.79 Å². The van der Waals surface area contributed by atoms with Crippen LogP contribution in [0.5, 0.6) is 0 Å². The predicted molar refractivity (Wildman–Crippen MR) is 54.8 cm³/mol. The molecule has 0 saturated carbocycles. The molecule has 5 nitrogen and oxygen atoms in total. The van der Waals surface area contributed by atoms with Crippen LogP contribution in [-0.4, -0.2) is 22.6 Å². The van der Waals surface area contributed by atoms with Crippen molar-refractivity contribution < 1.29 is 4.79 Å². The molecule has 0 fully saturated rings. The van der Waals surface area contributed by atoms with Crippen LogP contribution in [0.15, 0.2) is 6.20 Å². The highest BCUT2D eigenvalue weighted by molar-refractivity contribution is 5.96. The van der Waals surface area contributed by atoms with Crippen LogP contribution in [0.1, 0.15) is 30.8 Å². The van der Waals surface area contributed by atoms with Crippen LogP contribution in [0.3, 0.4) is 0 Å². The molecule has 0 aliphatic heterocycles. The molecule has 1 amide bonds. The van der Waals surface area contributed by atoms with Gasteiger partial charge in [0, 0.05) is 6.54 Å². The highest BCUT2D eigenvalue weighted by Crippen LogP contribution is 2.05. The molecule has 14 heavy (non-hydrogen) atoms. The minimum atomic E-state index is -0.194. The van der Waals surface area contributed by atoms with Crippen molar-refractivity contribution in [3.63, 3.8) is 0 Å². The number of hydrogen-bond acceptors (Lipinski definition) is 3. The third-order valence-electron chi connectivity index (χ3n) is 1.90. The summed E-state index contributed by atoms with van der Waals surface area (Å²) in [6.07, 6.45) is 2.39. The summed E-state index contributed by atoms with van der Waals surface area (Å²) in [6.45, 7) is 4.88. The normalized spacial score (nSPS) is 10.5. The van der Waals surface area contributed by atoms with Gasteiger partial charge >= 0.3 is 0 Å². The summed E-state index contributed by atoms with van der Waals surface area (Å²) >= 11 is 0. The molecule has 1 rings (SSSR count). The maximum Gasteiger partial charge on any atom is 0.271 e. The molecule has 0 unspecified atom stereocenters. The van der Waals surface area contributed by atoms with E-state index in [2.05, 4.69) is 29.4 Å². The molecule has 1 aromatic heterocycles. The summed E-state index contributed by atoms with van der Waals surface area (Å²) in [5, 5.41) is 9.00. The minimum Gasteiger partial charge on any atom is -0.396 e. The lowest BCUT2D eigenvalue weighted by Crippen LogP contribution is -2.26. The van der Waals surface area contributed by atoms with Gasteiger partial charge in [-0.25, -0.2) is 0 Å². The smallest absolute Gasteiger partial charge is 0.271 e. The third kappa shape index (κ3) is 2.76. The Morgan fingerprint density at radius 2 is 2.43 bits per heavy atom. The van der Waals surface area contributed by atoms with Crippen LogP contribution in [0.4, 0.5) is 5.69 Å². The summed E-state index contributed by atoms with van der Waals surface area (Å²) in [5.74, 6) is 0.384. The van der Waals surface area contributed by atoms with E-state index in [1.807, 2.05) is 0 Å². The number of hydrogen-bond donors (Lipinski definition) is 3. The second kappa shape index (κ2) is 4.64. The highest BCUT2D eigenvalue weighted by Gasteiger charge is 2.10. The minimum absolute atomic E-state index is 0.194. The summed E-state index contributed by atoms with van der Waals surface area (Å²) in [7, 11) is 0. The first-order valence-electron chi connectivity index (χ1n) is 4.68. The average Bonchev–Trinajstić information content (AvgIpc) is 2.50. The molecule has 0 bridgehead atoms. The number of nitrogens with two attached hydrogens (primary N) is 1. The molecule has 0 radical (unpaired) electrons. The monoisotopic (exact) mass is 196 g/mol. The summed E-state index contributed by atoms with van der Waals surface area (Å²) in [6, 6.07) is 0. The second-order valence-corrected chi connectivity index (χ2v) is 3.64. The topological polar surface area (TPSA) is 83.8 Å². The lowest BCUT2D eigenvalue weighted by Gasteiger charge is -2.05. The number of nitrogens with zero attached hydrogens (tertiary/aromatic N) is 1. The molecule has 0 saturated heterocycles. The summed E-state index contributed by atoms with van der Waals surface area (Å²) in [5.41, 5.74) is 6.24. The molecule has 1 heterocycles. The van der Waals surface area contributed by atoms with E-state index in [-0.39, 0.29) is 5.91 Å². The van der Waals surface area contributed by atoms with Crippen molar-refractivity contribution in [2.75, 3.05) is 12.3 Å². The molecule has 78 valence electrons. The van der Waals surface area contributed by atoms with Crippen LogP contribution in [-0.2, 0) is 0 Å². The maximum absolute atomic E-state index is 11.4. The fourth-order valence-corrected chi connectivity index (χ4v) is 1.04. The number of nitrogens with one attached hydrogen (secondary N) is 2. The van der Waals surface area contributed by atoms with Crippen molar-refractivity contribution in [3.8, 4) is 0 Å². The SMILES string of the molecule is CC(C)CCNC(=O)c1[nH]ncc1N. The Bertz CT molecular complexity index is 306. The molecular formula is C9H16N4O. The number of carbonyl (C=O) groups excluding carboxylic acids is 1. The molecule has 5 heteroatoms. The van der Waals surface area contributed by atoms with Gasteiger partial charge in [0.15, 0.2) is 0 Å². The number of H-pyrrole nitrogens is 1. The molecule has 1 aromatic rings. The van der Waals surface area contributed by atoms with Gasteiger partial charge in [-0.3, -0.25) is 9.89 Å². The first-order chi connectivity index (χ1) is 6.61. The standard InChI is InChI=1S/C9H16N4O/c1-6(2)3-4-11-9(14)8-7(10)5-12-13-8/h5-6H,3-4,10H2,1-2H3,(H,11,14)(H,12,13). The van der Waals surface area contributed by atoms with E-state index in [0.29, 0.717) is 23.8 Å².